The molecule has 0 saturated heterocycles. The van der Waals surface area contributed by atoms with Gasteiger partial charge in [-0.2, -0.15) is 0 Å². The van der Waals surface area contributed by atoms with Gasteiger partial charge in [0.15, 0.2) is 5.76 Å². The van der Waals surface area contributed by atoms with Crippen molar-refractivity contribution in [2.24, 2.45) is 0 Å². The molecule has 2 heteroatoms. The smallest absolute Gasteiger partial charge is 0.151 e. The van der Waals surface area contributed by atoms with Gasteiger partial charge in [0.25, 0.3) is 0 Å². The highest BCUT2D eigenvalue weighted by molar-refractivity contribution is 5.93. The molecule has 2 aromatic carbocycles. The van der Waals surface area contributed by atoms with E-state index in [1.54, 1.807) is 0 Å². The minimum Gasteiger partial charge on any atom is -0.455 e. The number of rotatable bonds is 1. The van der Waals surface area contributed by atoms with E-state index in [4.69, 9.17) is 10.2 Å². The molecule has 1 aromatic heterocycles. The van der Waals surface area contributed by atoms with Gasteiger partial charge in [0.05, 0.1) is 5.56 Å². The van der Waals surface area contributed by atoms with E-state index in [9.17, 15) is 0 Å². The Labute approximate surface area is 122 Å². The number of fused-ring (bicyclic) bond motifs is 3. The van der Waals surface area contributed by atoms with Crippen LogP contribution in [0.25, 0.3) is 16.5 Å². The zero-order valence-corrected chi connectivity index (χ0v) is 11.4. The third-order valence-electron chi connectivity index (χ3n) is 3.68. The molecule has 0 spiro atoms. The van der Waals surface area contributed by atoms with Gasteiger partial charge in [0.1, 0.15) is 5.58 Å². The van der Waals surface area contributed by atoms with Crippen molar-refractivity contribution in [3.63, 3.8) is 0 Å². The van der Waals surface area contributed by atoms with Crippen LogP contribution < -0.4 is 5.73 Å². The molecule has 2 nitrogen and oxygen atoms in total. The minimum absolute atomic E-state index is 0.720. The molecule has 1 heterocycles. The van der Waals surface area contributed by atoms with Crippen LogP contribution in [-0.4, -0.2) is 0 Å². The summed E-state index contributed by atoms with van der Waals surface area (Å²) in [5.41, 5.74) is 10.5. The molecule has 0 radical (unpaired) electrons. The largest absolute Gasteiger partial charge is 0.455 e. The monoisotopic (exact) mass is 271 g/mol. The molecular formula is C19H13NO. The van der Waals surface area contributed by atoms with Gasteiger partial charge in [-0.05, 0) is 29.8 Å². The minimum atomic E-state index is 0.720. The Morgan fingerprint density at radius 3 is 2.67 bits per heavy atom. The average Bonchev–Trinajstić information content (AvgIpc) is 2.75. The Kier molecular flexibility index (Phi) is 2.58. The topological polar surface area (TPSA) is 39.2 Å². The number of anilines is 1. The van der Waals surface area contributed by atoms with Crippen LogP contribution in [-0.2, 0) is 0 Å². The van der Waals surface area contributed by atoms with E-state index < -0.39 is 0 Å². The summed E-state index contributed by atoms with van der Waals surface area (Å²) in [4.78, 5) is 0. The van der Waals surface area contributed by atoms with Crippen LogP contribution in [0.2, 0.25) is 0 Å². The number of hydrogen-bond donors (Lipinski definition) is 1. The molecule has 2 N–H and O–H groups in total. The molecule has 21 heavy (non-hydrogen) atoms. The fourth-order valence-electron chi connectivity index (χ4n) is 2.66. The van der Waals surface area contributed by atoms with Crippen LogP contribution in [0.3, 0.4) is 0 Å². The predicted octanol–water partition coefficient (Wildman–Crippen LogP) is 4.20. The summed E-state index contributed by atoms with van der Waals surface area (Å²) >= 11 is 0. The Hall–Kier alpha value is -2.92. The molecule has 0 saturated carbocycles. The van der Waals surface area contributed by atoms with E-state index in [2.05, 4.69) is 24.0 Å². The third kappa shape index (κ3) is 1.91. The molecule has 3 aromatic rings. The van der Waals surface area contributed by atoms with Crippen LogP contribution in [0.1, 0.15) is 23.3 Å². The van der Waals surface area contributed by atoms with Crippen molar-refractivity contribution < 1.29 is 4.42 Å². The zero-order chi connectivity index (χ0) is 14.2. The number of hydrogen-bond acceptors (Lipinski definition) is 2. The fourth-order valence-corrected chi connectivity index (χ4v) is 2.66. The number of benzene rings is 2. The van der Waals surface area contributed by atoms with E-state index in [-0.39, 0.29) is 0 Å². The molecule has 4 rings (SSSR count). The lowest BCUT2D eigenvalue weighted by molar-refractivity contribution is 0.599. The van der Waals surface area contributed by atoms with Gasteiger partial charge in [-0.15, -0.1) is 0 Å². The molecule has 100 valence electrons. The van der Waals surface area contributed by atoms with Crippen molar-refractivity contribution in [2.75, 3.05) is 5.73 Å². The van der Waals surface area contributed by atoms with Gasteiger partial charge >= 0.3 is 0 Å². The maximum Gasteiger partial charge on any atom is 0.151 e. The molecule has 0 unspecified atom stereocenters. The van der Waals surface area contributed by atoms with E-state index in [1.165, 1.54) is 0 Å². The first-order chi connectivity index (χ1) is 10.3. The third-order valence-corrected chi connectivity index (χ3v) is 3.68. The Bertz CT molecular complexity index is 918. The lowest BCUT2D eigenvalue weighted by atomic mass is 9.99. The average molecular weight is 271 g/mol. The predicted molar refractivity (Wildman–Crippen MR) is 85.6 cm³/mol. The molecule has 0 bridgehead atoms. The second-order valence-electron chi connectivity index (χ2n) is 5.05. The Morgan fingerprint density at radius 1 is 1.00 bits per heavy atom. The first-order valence-electron chi connectivity index (χ1n) is 6.90. The second kappa shape index (κ2) is 4.57. The first kappa shape index (κ1) is 11.9. The van der Waals surface area contributed by atoms with E-state index in [0.717, 1.165) is 45.5 Å². The first-order valence-corrected chi connectivity index (χ1v) is 6.90. The van der Waals surface area contributed by atoms with E-state index >= 15 is 0 Å². The summed E-state index contributed by atoms with van der Waals surface area (Å²) in [7, 11) is 0. The highest BCUT2D eigenvalue weighted by Gasteiger charge is 2.18. The van der Waals surface area contributed by atoms with Crippen molar-refractivity contribution in [3.05, 3.63) is 71.5 Å². The Morgan fingerprint density at radius 2 is 1.81 bits per heavy atom. The standard InChI is InChI=1S/C19H13NO/c20-14-11-9-13(10-12-14)15-5-1-2-7-17-16-6-3-4-8-18(16)21-19(15)17/h3-6,8-12H,1,20H2. The highest BCUT2D eigenvalue weighted by Crippen LogP contribution is 2.35. The maximum absolute atomic E-state index is 6.07. The summed E-state index contributed by atoms with van der Waals surface area (Å²) in [6.45, 7) is 0. The summed E-state index contributed by atoms with van der Waals surface area (Å²) in [5, 5.41) is 1.07. The van der Waals surface area contributed by atoms with Gasteiger partial charge in [0.2, 0.25) is 0 Å². The van der Waals surface area contributed by atoms with Crippen molar-refractivity contribution in [1.29, 1.82) is 0 Å². The van der Waals surface area contributed by atoms with Crippen LogP contribution in [0.5, 0.6) is 0 Å². The van der Waals surface area contributed by atoms with Gasteiger partial charge < -0.3 is 10.2 Å². The van der Waals surface area contributed by atoms with Crippen LogP contribution in [0.4, 0.5) is 5.69 Å². The van der Waals surface area contributed by atoms with Crippen molar-refractivity contribution in [1.82, 2.24) is 0 Å². The molecule has 1 aliphatic carbocycles. The van der Waals surface area contributed by atoms with E-state index in [1.807, 2.05) is 42.5 Å². The summed E-state index contributed by atoms with van der Waals surface area (Å²) < 4.78 is 6.07. The lowest BCUT2D eigenvalue weighted by Gasteiger charge is -2.05. The van der Waals surface area contributed by atoms with Crippen molar-refractivity contribution >= 4 is 22.2 Å². The van der Waals surface area contributed by atoms with Crippen LogP contribution in [0.15, 0.2) is 59.0 Å². The number of allylic oxidation sites excluding steroid dienone is 1. The summed E-state index contributed by atoms with van der Waals surface area (Å²) in [6, 6.07) is 15.9. The maximum atomic E-state index is 6.07. The molecule has 1 aliphatic rings. The van der Waals surface area contributed by atoms with Crippen LogP contribution >= 0.6 is 0 Å². The molecule has 0 atom stereocenters. The van der Waals surface area contributed by atoms with Gasteiger partial charge in [0, 0.05) is 23.1 Å². The zero-order valence-electron chi connectivity index (χ0n) is 11.4. The SMILES string of the molecule is Nc1ccc(C2=CCC#Cc3c2oc2ccccc32)cc1. The van der Waals surface area contributed by atoms with E-state index in [0.29, 0.717) is 0 Å². The molecule has 0 amide bonds. The number of furan rings is 1. The summed E-state index contributed by atoms with van der Waals surface area (Å²) in [6.07, 6.45) is 2.84. The van der Waals surface area contributed by atoms with Gasteiger partial charge in [-0.3, -0.25) is 0 Å². The number of nitrogens with two attached hydrogens (primary N) is 1. The quantitative estimate of drug-likeness (QED) is 0.532. The van der Waals surface area contributed by atoms with Crippen LogP contribution in [0, 0.1) is 11.8 Å². The van der Waals surface area contributed by atoms with Gasteiger partial charge in [-0.1, -0.05) is 42.2 Å². The van der Waals surface area contributed by atoms with Gasteiger partial charge in [-0.25, -0.2) is 0 Å². The normalized spacial score (nSPS) is 13.0. The highest BCUT2D eigenvalue weighted by atomic mass is 16.3. The number of para-hydroxylation sites is 1. The summed E-state index contributed by atoms with van der Waals surface area (Å²) in [5.74, 6) is 7.27. The fraction of sp³-hybridized carbons (Fsp3) is 0.0526. The lowest BCUT2D eigenvalue weighted by Crippen LogP contribution is -1.90. The molecular weight excluding hydrogens is 258 g/mol. The second-order valence-corrected chi connectivity index (χ2v) is 5.05. The Balaban J connectivity index is 1.97. The molecule has 0 fully saturated rings. The van der Waals surface area contributed by atoms with Crippen molar-refractivity contribution in [2.45, 2.75) is 6.42 Å². The number of nitrogen functional groups attached to an aromatic ring is 1. The van der Waals surface area contributed by atoms with Crippen molar-refractivity contribution in [3.8, 4) is 11.8 Å². The molecule has 0 aliphatic heterocycles.